The quantitative estimate of drug-likeness (QED) is 0.827. The molecule has 1 rings (SSSR count). The average molecular weight is 237 g/mol. The van der Waals surface area contributed by atoms with E-state index in [4.69, 9.17) is 15.2 Å². The Kier molecular flexibility index (Phi) is 5.45. The van der Waals surface area contributed by atoms with Gasteiger partial charge in [0.1, 0.15) is 5.75 Å². The van der Waals surface area contributed by atoms with E-state index in [1.54, 1.807) is 7.11 Å². The van der Waals surface area contributed by atoms with Gasteiger partial charge in [0.05, 0.1) is 6.10 Å². The summed E-state index contributed by atoms with van der Waals surface area (Å²) < 4.78 is 11.0. The summed E-state index contributed by atoms with van der Waals surface area (Å²) in [6.45, 7) is 7.48. The number of hydrogen-bond donors (Lipinski definition) is 1. The smallest absolute Gasteiger partial charge is 0.125 e. The van der Waals surface area contributed by atoms with Gasteiger partial charge in [0, 0.05) is 26.7 Å². The number of aryl methyl sites for hydroxylation is 2. The molecule has 1 aromatic carbocycles. The molecule has 0 aliphatic carbocycles. The largest absolute Gasteiger partial charge is 0.490 e. The molecular weight excluding hydrogens is 214 g/mol. The fourth-order valence-electron chi connectivity index (χ4n) is 1.89. The van der Waals surface area contributed by atoms with Crippen molar-refractivity contribution in [1.29, 1.82) is 0 Å². The minimum Gasteiger partial charge on any atom is -0.490 e. The standard InChI is InChI=1S/C14H23NO2/c1-10-7-13(9-15)8-11(2)14(10)17-12(3)5-6-16-4/h7-8,12H,5-6,9,15H2,1-4H3. The number of benzene rings is 1. The van der Waals surface area contributed by atoms with Crippen molar-refractivity contribution in [3.8, 4) is 5.75 Å². The molecule has 3 nitrogen and oxygen atoms in total. The van der Waals surface area contributed by atoms with Crippen molar-refractivity contribution in [3.05, 3.63) is 28.8 Å². The Morgan fingerprint density at radius 1 is 1.24 bits per heavy atom. The van der Waals surface area contributed by atoms with Gasteiger partial charge in [-0.15, -0.1) is 0 Å². The van der Waals surface area contributed by atoms with Gasteiger partial charge < -0.3 is 15.2 Å². The highest BCUT2D eigenvalue weighted by Gasteiger charge is 2.10. The van der Waals surface area contributed by atoms with E-state index in [0.29, 0.717) is 6.54 Å². The van der Waals surface area contributed by atoms with Gasteiger partial charge in [0.15, 0.2) is 0 Å². The Morgan fingerprint density at radius 2 is 1.82 bits per heavy atom. The van der Waals surface area contributed by atoms with Gasteiger partial charge in [-0.2, -0.15) is 0 Å². The maximum Gasteiger partial charge on any atom is 0.125 e. The lowest BCUT2D eigenvalue weighted by molar-refractivity contribution is 0.134. The van der Waals surface area contributed by atoms with Crippen molar-refractivity contribution in [2.24, 2.45) is 5.73 Å². The third-order valence-corrected chi connectivity index (χ3v) is 2.80. The van der Waals surface area contributed by atoms with Crippen molar-refractivity contribution >= 4 is 0 Å². The van der Waals surface area contributed by atoms with Crippen LogP contribution in [0.25, 0.3) is 0 Å². The first-order valence-electron chi connectivity index (χ1n) is 6.04. The number of methoxy groups -OCH3 is 1. The van der Waals surface area contributed by atoms with E-state index >= 15 is 0 Å². The van der Waals surface area contributed by atoms with Crippen molar-refractivity contribution < 1.29 is 9.47 Å². The fraction of sp³-hybridized carbons (Fsp3) is 0.571. The fourth-order valence-corrected chi connectivity index (χ4v) is 1.89. The third kappa shape index (κ3) is 4.02. The zero-order valence-electron chi connectivity index (χ0n) is 11.2. The first kappa shape index (κ1) is 14.0. The highest BCUT2D eigenvalue weighted by molar-refractivity contribution is 5.43. The minimum atomic E-state index is 0.163. The first-order chi connectivity index (χ1) is 8.08. The van der Waals surface area contributed by atoms with Crippen LogP contribution >= 0.6 is 0 Å². The third-order valence-electron chi connectivity index (χ3n) is 2.80. The molecule has 1 aromatic rings. The molecular formula is C14H23NO2. The molecule has 0 saturated heterocycles. The van der Waals surface area contributed by atoms with E-state index in [1.807, 2.05) is 0 Å². The molecule has 0 bridgehead atoms. The topological polar surface area (TPSA) is 44.5 Å². The molecule has 2 N–H and O–H groups in total. The molecule has 0 spiro atoms. The molecule has 3 heteroatoms. The molecule has 0 aliphatic heterocycles. The van der Waals surface area contributed by atoms with E-state index in [-0.39, 0.29) is 6.10 Å². The minimum absolute atomic E-state index is 0.163. The van der Waals surface area contributed by atoms with Crippen LogP contribution in [0.4, 0.5) is 0 Å². The summed E-state index contributed by atoms with van der Waals surface area (Å²) in [6, 6.07) is 4.18. The Bertz CT molecular complexity index is 340. The lowest BCUT2D eigenvalue weighted by atomic mass is 10.1. The maximum absolute atomic E-state index is 5.96. The molecule has 0 aromatic heterocycles. The van der Waals surface area contributed by atoms with Gasteiger partial charge in [0.2, 0.25) is 0 Å². The lowest BCUT2D eigenvalue weighted by Gasteiger charge is -2.19. The van der Waals surface area contributed by atoms with Gasteiger partial charge in [-0.1, -0.05) is 12.1 Å². The summed E-state index contributed by atoms with van der Waals surface area (Å²) in [4.78, 5) is 0. The number of rotatable bonds is 6. The van der Waals surface area contributed by atoms with E-state index < -0.39 is 0 Å². The monoisotopic (exact) mass is 237 g/mol. The summed E-state index contributed by atoms with van der Waals surface area (Å²) in [5.74, 6) is 0.978. The molecule has 17 heavy (non-hydrogen) atoms. The van der Waals surface area contributed by atoms with E-state index in [1.165, 1.54) is 0 Å². The SMILES string of the molecule is COCCC(C)Oc1c(C)cc(CN)cc1C. The van der Waals surface area contributed by atoms with Crippen LogP contribution in [0.15, 0.2) is 12.1 Å². The summed E-state index contributed by atoms with van der Waals surface area (Å²) in [5, 5.41) is 0. The molecule has 0 amide bonds. The van der Waals surface area contributed by atoms with E-state index in [9.17, 15) is 0 Å². The van der Waals surface area contributed by atoms with Crippen LogP contribution in [0, 0.1) is 13.8 Å². The van der Waals surface area contributed by atoms with Crippen molar-refractivity contribution in [3.63, 3.8) is 0 Å². The maximum atomic E-state index is 5.96. The van der Waals surface area contributed by atoms with Crippen molar-refractivity contribution in [1.82, 2.24) is 0 Å². The van der Waals surface area contributed by atoms with Gasteiger partial charge in [-0.25, -0.2) is 0 Å². The Labute approximate surface area is 104 Å². The molecule has 0 aliphatic rings. The second-order valence-corrected chi connectivity index (χ2v) is 4.47. The van der Waals surface area contributed by atoms with Gasteiger partial charge >= 0.3 is 0 Å². The van der Waals surface area contributed by atoms with Gasteiger partial charge in [-0.05, 0) is 37.5 Å². The number of ether oxygens (including phenoxy) is 2. The molecule has 96 valence electrons. The van der Waals surface area contributed by atoms with Crippen LogP contribution < -0.4 is 10.5 Å². The predicted molar refractivity (Wildman–Crippen MR) is 70.4 cm³/mol. The van der Waals surface area contributed by atoms with Crippen LogP contribution in [-0.2, 0) is 11.3 Å². The Hall–Kier alpha value is -1.06. The highest BCUT2D eigenvalue weighted by Crippen LogP contribution is 2.26. The molecule has 1 atom stereocenters. The summed E-state index contributed by atoms with van der Waals surface area (Å²) in [7, 11) is 1.71. The molecule has 0 heterocycles. The average Bonchev–Trinajstić information content (AvgIpc) is 2.30. The van der Waals surface area contributed by atoms with Crippen LogP contribution in [0.2, 0.25) is 0 Å². The normalized spacial score (nSPS) is 12.5. The molecule has 1 unspecified atom stereocenters. The Balaban J connectivity index is 2.77. The van der Waals surface area contributed by atoms with E-state index in [0.717, 1.165) is 35.5 Å². The predicted octanol–water partition coefficient (Wildman–Crippen LogP) is 2.57. The van der Waals surface area contributed by atoms with Crippen molar-refractivity contribution in [2.75, 3.05) is 13.7 Å². The lowest BCUT2D eigenvalue weighted by Crippen LogP contribution is -2.15. The van der Waals surface area contributed by atoms with Crippen molar-refractivity contribution in [2.45, 2.75) is 39.8 Å². The molecule has 0 fully saturated rings. The summed E-state index contributed by atoms with van der Waals surface area (Å²) >= 11 is 0. The second-order valence-electron chi connectivity index (χ2n) is 4.47. The van der Waals surface area contributed by atoms with Crippen LogP contribution in [0.3, 0.4) is 0 Å². The second kappa shape index (κ2) is 6.62. The molecule has 0 saturated carbocycles. The van der Waals surface area contributed by atoms with Gasteiger partial charge in [0.25, 0.3) is 0 Å². The van der Waals surface area contributed by atoms with Crippen LogP contribution in [-0.4, -0.2) is 19.8 Å². The van der Waals surface area contributed by atoms with E-state index in [2.05, 4.69) is 32.9 Å². The zero-order chi connectivity index (χ0) is 12.8. The highest BCUT2D eigenvalue weighted by atomic mass is 16.5. The van der Waals surface area contributed by atoms with Crippen LogP contribution in [0.1, 0.15) is 30.0 Å². The Morgan fingerprint density at radius 3 is 2.29 bits per heavy atom. The van der Waals surface area contributed by atoms with Gasteiger partial charge in [-0.3, -0.25) is 0 Å². The first-order valence-corrected chi connectivity index (χ1v) is 6.04. The number of hydrogen-bond acceptors (Lipinski definition) is 3. The number of nitrogens with two attached hydrogens (primary N) is 1. The van der Waals surface area contributed by atoms with Crippen LogP contribution in [0.5, 0.6) is 5.75 Å². The summed E-state index contributed by atoms with van der Waals surface area (Å²) in [5.41, 5.74) is 9.09. The zero-order valence-corrected chi connectivity index (χ0v) is 11.2. The summed E-state index contributed by atoms with van der Waals surface area (Å²) in [6.07, 6.45) is 1.06. The molecule has 0 radical (unpaired) electrons.